The Balaban J connectivity index is 1.69. The summed E-state index contributed by atoms with van der Waals surface area (Å²) in [5, 5.41) is 2.83. The maximum atomic E-state index is 12.3. The highest BCUT2D eigenvalue weighted by Gasteiger charge is 2.23. The molecule has 3 heterocycles. The van der Waals surface area contributed by atoms with E-state index in [0.717, 1.165) is 23.1 Å². The van der Waals surface area contributed by atoms with Crippen LogP contribution in [0.1, 0.15) is 15.9 Å². The molecular weight excluding hydrogens is 302 g/mol. The van der Waals surface area contributed by atoms with E-state index in [4.69, 9.17) is 4.74 Å². The van der Waals surface area contributed by atoms with Gasteiger partial charge < -0.3 is 10.1 Å². The molecule has 0 saturated heterocycles. The average Bonchev–Trinajstić information content (AvgIpc) is 3.13. The van der Waals surface area contributed by atoms with Crippen LogP contribution in [0.3, 0.4) is 0 Å². The number of amides is 1. The number of nitrogens with zero attached hydrogens (tertiary/aromatic N) is 2. The second-order valence-electron chi connectivity index (χ2n) is 5.48. The molecule has 3 aromatic rings. The largest absolute Gasteiger partial charge is 0.489 e. The summed E-state index contributed by atoms with van der Waals surface area (Å²) < 4.78 is 5.74. The van der Waals surface area contributed by atoms with E-state index in [1.54, 1.807) is 30.7 Å². The quantitative estimate of drug-likeness (QED) is 0.805. The van der Waals surface area contributed by atoms with E-state index >= 15 is 0 Å². The number of hydrogen-bond acceptors (Lipinski definition) is 4. The van der Waals surface area contributed by atoms with Crippen molar-refractivity contribution in [1.29, 1.82) is 0 Å². The van der Waals surface area contributed by atoms with Gasteiger partial charge >= 0.3 is 0 Å². The number of rotatable bonds is 3. The first-order valence-corrected chi connectivity index (χ1v) is 7.74. The number of aromatic nitrogens is 2. The number of carbonyl (C=O) groups excluding carboxylic acids is 1. The lowest BCUT2D eigenvalue weighted by Crippen LogP contribution is -2.13. The van der Waals surface area contributed by atoms with Crippen molar-refractivity contribution in [3.63, 3.8) is 0 Å². The molecule has 118 valence electrons. The van der Waals surface area contributed by atoms with E-state index < -0.39 is 0 Å². The maximum Gasteiger partial charge on any atom is 0.257 e. The molecule has 0 saturated carbocycles. The van der Waals surface area contributed by atoms with E-state index in [2.05, 4.69) is 15.3 Å². The van der Waals surface area contributed by atoms with Gasteiger partial charge in [0.2, 0.25) is 0 Å². The molecular formula is C19H15N3O2. The van der Waals surface area contributed by atoms with Crippen molar-refractivity contribution in [3.8, 4) is 16.9 Å². The monoisotopic (exact) mass is 317 g/mol. The van der Waals surface area contributed by atoms with E-state index in [1.165, 1.54) is 0 Å². The Morgan fingerprint density at radius 1 is 1.08 bits per heavy atom. The highest BCUT2D eigenvalue weighted by molar-refractivity contribution is 6.04. The highest BCUT2D eigenvalue weighted by atomic mass is 16.5. The lowest BCUT2D eigenvalue weighted by Gasteiger charge is -2.12. The van der Waals surface area contributed by atoms with E-state index in [-0.39, 0.29) is 5.91 Å². The molecule has 1 aliphatic heterocycles. The van der Waals surface area contributed by atoms with Crippen molar-refractivity contribution in [3.05, 3.63) is 72.2 Å². The summed E-state index contributed by atoms with van der Waals surface area (Å²) in [5.41, 5.74) is 3.76. The van der Waals surface area contributed by atoms with E-state index in [0.29, 0.717) is 23.7 Å². The zero-order valence-corrected chi connectivity index (χ0v) is 12.9. The average molecular weight is 317 g/mol. The van der Waals surface area contributed by atoms with Crippen molar-refractivity contribution >= 4 is 11.7 Å². The van der Waals surface area contributed by atoms with Gasteiger partial charge in [0.05, 0.1) is 6.61 Å². The molecule has 1 aromatic carbocycles. The summed E-state index contributed by atoms with van der Waals surface area (Å²) in [4.78, 5) is 20.7. The van der Waals surface area contributed by atoms with Crippen LogP contribution in [0.4, 0.5) is 5.82 Å². The van der Waals surface area contributed by atoms with Crippen molar-refractivity contribution < 1.29 is 9.53 Å². The summed E-state index contributed by atoms with van der Waals surface area (Å²) in [6, 6.07) is 13.4. The maximum absolute atomic E-state index is 12.3. The number of benzene rings is 1. The van der Waals surface area contributed by atoms with Gasteiger partial charge in [0.1, 0.15) is 0 Å². The summed E-state index contributed by atoms with van der Waals surface area (Å²) >= 11 is 0. The van der Waals surface area contributed by atoms with Gasteiger partial charge in [0.25, 0.3) is 5.91 Å². The Morgan fingerprint density at radius 2 is 1.88 bits per heavy atom. The standard InChI is InChI=1S/C19H15N3O2/c23-19(14-6-9-20-10-7-14)22-18-17-15(8-11-24-17)16(12-21-18)13-4-2-1-3-5-13/h1-7,9-10,12H,8,11H2,(H,21,22,23). The molecule has 5 heteroatoms. The number of fused-ring (bicyclic) bond motifs is 1. The van der Waals surface area contributed by atoms with Crippen LogP contribution in [0.25, 0.3) is 11.1 Å². The number of pyridine rings is 2. The van der Waals surface area contributed by atoms with Crippen LogP contribution in [0.15, 0.2) is 61.1 Å². The molecule has 1 N–H and O–H groups in total. The van der Waals surface area contributed by atoms with E-state index in [1.807, 2.05) is 30.3 Å². The SMILES string of the molecule is O=C(Nc1ncc(-c2ccccc2)c2c1OCC2)c1ccncc1. The normalized spacial score (nSPS) is 12.3. The highest BCUT2D eigenvalue weighted by Crippen LogP contribution is 2.38. The van der Waals surface area contributed by atoms with Crippen LogP contribution in [0.2, 0.25) is 0 Å². The molecule has 0 atom stereocenters. The fourth-order valence-corrected chi connectivity index (χ4v) is 2.83. The minimum absolute atomic E-state index is 0.227. The topological polar surface area (TPSA) is 64.1 Å². The molecule has 4 rings (SSSR count). The molecule has 0 fully saturated rings. The van der Waals surface area contributed by atoms with Crippen LogP contribution in [0.5, 0.6) is 5.75 Å². The molecule has 5 nitrogen and oxygen atoms in total. The zero-order chi connectivity index (χ0) is 16.4. The lowest BCUT2D eigenvalue weighted by molar-refractivity contribution is 0.102. The van der Waals surface area contributed by atoms with Crippen molar-refractivity contribution in [2.75, 3.05) is 11.9 Å². The summed E-state index contributed by atoms with van der Waals surface area (Å²) in [6.07, 6.45) is 5.77. The first kappa shape index (κ1) is 14.4. The van der Waals surface area contributed by atoms with Gasteiger partial charge in [-0.2, -0.15) is 0 Å². The predicted octanol–water partition coefficient (Wildman–Crippen LogP) is 3.33. The molecule has 24 heavy (non-hydrogen) atoms. The molecule has 0 radical (unpaired) electrons. The Labute approximate surface area is 139 Å². The number of hydrogen-bond donors (Lipinski definition) is 1. The smallest absolute Gasteiger partial charge is 0.257 e. The molecule has 1 amide bonds. The number of ether oxygens (including phenoxy) is 1. The molecule has 1 aliphatic rings. The Morgan fingerprint density at radius 3 is 2.67 bits per heavy atom. The first-order valence-electron chi connectivity index (χ1n) is 7.74. The Bertz CT molecular complexity index is 880. The van der Waals surface area contributed by atoms with Crippen LogP contribution >= 0.6 is 0 Å². The Hall–Kier alpha value is -3.21. The fraction of sp³-hybridized carbons (Fsp3) is 0.105. The minimum atomic E-state index is -0.227. The van der Waals surface area contributed by atoms with Gasteiger partial charge in [-0.05, 0) is 17.7 Å². The van der Waals surface area contributed by atoms with Gasteiger partial charge in [0, 0.05) is 41.7 Å². The second kappa shape index (κ2) is 6.12. The summed E-state index contributed by atoms with van der Waals surface area (Å²) in [7, 11) is 0. The van der Waals surface area contributed by atoms with Crippen LogP contribution in [-0.2, 0) is 6.42 Å². The molecule has 0 aliphatic carbocycles. The third-order valence-electron chi connectivity index (χ3n) is 3.99. The summed E-state index contributed by atoms with van der Waals surface area (Å²) in [5.74, 6) is 0.901. The second-order valence-corrected chi connectivity index (χ2v) is 5.48. The van der Waals surface area contributed by atoms with Gasteiger partial charge in [-0.15, -0.1) is 0 Å². The Kier molecular flexibility index (Phi) is 3.67. The predicted molar refractivity (Wildman–Crippen MR) is 91.1 cm³/mol. The third-order valence-corrected chi connectivity index (χ3v) is 3.99. The van der Waals surface area contributed by atoms with Crippen molar-refractivity contribution in [1.82, 2.24) is 9.97 Å². The van der Waals surface area contributed by atoms with Crippen LogP contribution in [-0.4, -0.2) is 22.5 Å². The molecule has 0 bridgehead atoms. The van der Waals surface area contributed by atoms with Gasteiger partial charge in [-0.25, -0.2) is 4.98 Å². The molecule has 0 spiro atoms. The number of anilines is 1. The van der Waals surface area contributed by atoms with Gasteiger partial charge in [-0.1, -0.05) is 30.3 Å². The first-order chi connectivity index (χ1) is 11.8. The molecule has 2 aromatic heterocycles. The van der Waals surface area contributed by atoms with Crippen molar-refractivity contribution in [2.45, 2.75) is 6.42 Å². The number of nitrogens with one attached hydrogen (secondary N) is 1. The van der Waals surface area contributed by atoms with Gasteiger partial charge in [-0.3, -0.25) is 9.78 Å². The molecule has 0 unspecified atom stereocenters. The zero-order valence-electron chi connectivity index (χ0n) is 12.9. The van der Waals surface area contributed by atoms with Crippen LogP contribution < -0.4 is 10.1 Å². The fourth-order valence-electron chi connectivity index (χ4n) is 2.83. The van der Waals surface area contributed by atoms with Gasteiger partial charge in [0.15, 0.2) is 11.6 Å². The van der Waals surface area contributed by atoms with E-state index in [9.17, 15) is 4.79 Å². The lowest BCUT2D eigenvalue weighted by atomic mass is 10.0. The summed E-state index contributed by atoms with van der Waals surface area (Å²) in [6.45, 7) is 0.596. The number of carbonyl (C=O) groups is 1. The minimum Gasteiger partial charge on any atom is -0.489 e. The third kappa shape index (κ3) is 2.60. The van der Waals surface area contributed by atoms with Crippen molar-refractivity contribution in [2.24, 2.45) is 0 Å². The van der Waals surface area contributed by atoms with Crippen LogP contribution in [0, 0.1) is 0 Å².